The van der Waals surface area contributed by atoms with Crippen LogP contribution in [-0.4, -0.2) is 23.3 Å². The van der Waals surface area contributed by atoms with Gasteiger partial charge in [0.05, 0.1) is 19.1 Å². The molecule has 4 nitrogen and oxygen atoms in total. The molecule has 0 heterocycles. The van der Waals surface area contributed by atoms with Gasteiger partial charge in [0.2, 0.25) is 0 Å². The number of carbonyl (C=O) groups is 1. The second-order valence-electron chi connectivity index (χ2n) is 11.0. The Balaban J connectivity index is 0.000000320. The van der Waals surface area contributed by atoms with E-state index in [-0.39, 0.29) is 11.9 Å². The normalized spacial score (nSPS) is 13.0. The lowest BCUT2D eigenvalue weighted by molar-refractivity contribution is -0.162. The summed E-state index contributed by atoms with van der Waals surface area (Å²) in [6.07, 6.45) is 2.60. The van der Waals surface area contributed by atoms with Crippen molar-refractivity contribution >= 4 is 27.5 Å². The SMILES string of the molecule is CCC(C)C(=O)OC(C)(C)CCOCc1cccc2ccc3ccccc3c12.CCC(C)c1ccc(O)cc1. The molecule has 0 aliphatic carbocycles. The number of aromatic hydroxyl groups is 1. The van der Waals surface area contributed by atoms with Crippen molar-refractivity contribution in [1.82, 2.24) is 0 Å². The predicted octanol–water partition coefficient (Wildman–Crippen LogP) is 9.17. The molecule has 1 N–H and O–H groups in total. The molecular weight excluding hydrogens is 484 g/mol. The molecule has 0 aliphatic rings. The number of phenols is 1. The zero-order valence-electron chi connectivity index (χ0n) is 24.4. The molecule has 39 heavy (non-hydrogen) atoms. The van der Waals surface area contributed by atoms with E-state index in [0.717, 1.165) is 12.8 Å². The number of phenolic OH excluding ortho intramolecular Hbond substituents is 1. The zero-order chi connectivity index (χ0) is 28.4. The van der Waals surface area contributed by atoms with Crippen LogP contribution in [0.3, 0.4) is 0 Å². The maximum atomic E-state index is 12.1. The van der Waals surface area contributed by atoms with E-state index in [9.17, 15) is 4.79 Å². The first-order chi connectivity index (χ1) is 18.6. The quantitative estimate of drug-likeness (QED) is 0.127. The topological polar surface area (TPSA) is 55.8 Å². The lowest BCUT2D eigenvalue weighted by atomic mass is 9.98. The number of benzene rings is 4. The summed E-state index contributed by atoms with van der Waals surface area (Å²) in [6.45, 7) is 13.2. The van der Waals surface area contributed by atoms with Gasteiger partial charge in [-0.3, -0.25) is 4.79 Å². The van der Waals surface area contributed by atoms with Gasteiger partial charge in [-0.05, 0) is 77.4 Å². The number of ether oxygens (including phenoxy) is 2. The Hall–Kier alpha value is -3.37. The number of fused-ring (bicyclic) bond motifs is 3. The average Bonchev–Trinajstić information content (AvgIpc) is 2.94. The minimum Gasteiger partial charge on any atom is -0.508 e. The van der Waals surface area contributed by atoms with Crippen molar-refractivity contribution < 1.29 is 19.4 Å². The van der Waals surface area contributed by atoms with Gasteiger partial charge in [-0.25, -0.2) is 0 Å². The molecule has 0 amide bonds. The summed E-state index contributed by atoms with van der Waals surface area (Å²) < 4.78 is 11.6. The first-order valence-electron chi connectivity index (χ1n) is 14.1. The molecule has 2 atom stereocenters. The Morgan fingerprint density at radius 2 is 1.51 bits per heavy atom. The summed E-state index contributed by atoms with van der Waals surface area (Å²) in [7, 11) is 0. The second-order valence-corrected chi connectivity index (χ2v) is 11.0. The van der Waals surface area contributed by atoms with Crippen LogP contribution >= 0.6 is 0 Å². The fourth-order valence-corrected chi connectivity index (χ4v) is 4.39. The molecule has 2 unspecified atom stereocenters. The molecular formula is C35H44O4. The third-order valence-electron chi connectivity index (χ3n) is 7.43. The van der Waals surface area contributed by atoms with Crippen molar-refractivity contribution in [3.63, 3.8) is 0 Å². The van der Waals surface area contributed by atoms with Crippen LogP contribution in [0.25, 0.3) is 21.5 Å². The van der Waals surface area contributed by atoms with Gasteiger partial charge in [-0.15, -0.1) is 0 Å². The van der Waals surface area contributed by atoms with Gasteiger partial charge in [0, 0.05) is 6.42 Å². The lowest BCUT2D eigenvalue weighted by Crippen LogP contribution is -2.32. The van der Waals surface area contributed by atoms with Crippen molar-refractivity contribution in [2.24, 2.45) is 5.92 Å². The summed E-state index contributed by atoms with van der Waals surface area (Å²) >= 11 is 0. The van der Waals surface area contributed by atoms with Crippen LogP contribution < -0.4 is 0 Å². The molecule has 0 radical (unpaired) electrons. The number of hydrogen-bond donors (Lipinski definition) is 1. The van der Waals surface area contributed by atoms with Gasteiger partial charge in [0.1, 0.15) is 11.4 Å². The maximum absolute atomic E-state index is 12.1. The minimum atomic E-state index is -0.522. The fraction of sp³-hybridized carbons (Fsp3) is 0.400. The molecule has 0 fully saturated rings. The molecule has 4 heteroatoms. The lowest BCUT2D eigenvalue weighted by Gasteiger charge is -2.26. The standard InChI is InChI=1S/C25H30O3.C10H14O/c1-5-18(2)24(26)28-25(3,4)15-16-27-17-21-11-8-10-20-14-13-19-9-6-7-12-22(19)23(20)21;1-3-8(2)9-4-6-10(11)7-5-9/h6-14,18H,5,15-17H2,1-4H3;4-8,11H,3H2,1-2H3. The largest absolute Gasteiger partial charge is 0.508 e. The van der Waals surface area contributed by atoms with Crippen LogP contribution in [0, 0.1) is 5.92 Å². The highest BCUT2D eigenvalue weighted by Crippen LogP contribution is 2.29. The number of hydrogen-bond acceptors (Lipinski definition) is 4. The van der Waals surface area contributed by atoms with E-state index in [4.69, 9.17) is 14.6 Å². The molecule has 4 aromatic carbocycles. The second kappa shape index (κ2) is 14.1. The number of rotatable bonds is 10. The Morgan fingerprint density at radius 1 is 0.846 bits per heavy atom. The van der Waals surface area contributed by atoms with Gasteiger partial charge >= 0.3 is 5.97 Å². The van der Waals surface area contributed by atoms with E-state index in [0.29, 0.717) is 31.3 Å². The highest BCUT2D eigenvalue weighted by atomic mass is 16.6. The average molecular weight is 529 g/mol. The van der Waals surface area contributed by atoms with E-state index in [1.54, 1.807) is 12.1 Å². The summed E-state index contributed by atoms with van der Waals surface area (Å²) in [5.41, 5.74) is 1.96. The van der Waals surface area contributed by atoms with E-state index < -0.39 is 5.60 Å². The van der Waals surface area contributed by atoms with Gasteiger partial charge in [-0.1, -0.05) is 94.4 Å². The van der Waals surface area contributed by atoms with Crippen LogP contribution in [0.2, 0.25) is 0 Å². The summed E-state index contributed by atoms with van der Waals surface area (Å²) in [4.78, 5) is 12.1. The highest BCUT2D eigenvalue weighted by molar-refractivity contribution is 6.09. The first-order valence-corrected chi connectivity index (χ1v) is 14.1. The van der Waals surface area contributed by atoms with Crippen molar-refractivity contribution in [3.05, 3.63) is 90.0 Å². The van der Waals surface area contributed by atoms with E-state index in [1.165, 1.54) is 32.7 Å². The summed E-state index contributed by atoms with van der Waals surface area (Å²) in [6, 6.07) is 26.5. The summed E-state index contributed by atoms with van der Waals surface area (Å²) in [5.74, 6) is 0.741. The van der Waals surface area contributed by atoms with Crippen LogP contribution in [0.5, 0.6) is 5.75 Å². The molecule has 0 aromatic heterocycles. The minimum absolute atomic E-state index is 0.0656. The van der Waals surface area contributed by atoms with Gasteiger partial charge < -0.3 is 14.6 Å². The maximum Gasteiger partial charge on any atom is 0.309 e. The molecule has 0 spiro atoms. The van der Waals surface area contributed by atoms with Crippen molar-refractivity contribution in [2.45, 2.75) is 78.9 Å². The molecule has 0 saturated carbocycles. The van der Waals surface area contributed by atoms with Crippen LogP contribution in [-0.2, 0) is 20.9 Å². The van der Waals surface area contributed by atoms with Crippen LogP contribution in [0.4, 0.5) is 0 Å². The Kier molecular flexibility index (Phi) is 10.9. The molecule has 208 valence electrons. The van der Waals surface area contributed by atoms with Crippen molar-refractivity contribution in [1.29, 1.82) is 0 Å². The van der Waals surface area contributed by atoms with E-state index in [2.05, 4.69) is 68.4 Å². The number of esters is 1. The molecule has 0 bridgehead atoms. The van der Waals surface area contributed by atoms with Crippen molar-refractivity contribution in [3.8, 4) is 5.75 Å². The monoisotopic (exact) mass is 528 g/mol. The van der Waals surface area contributed by atoms with Gasteiger partial charge in [-0.2, -0.15) is 0 Å². The highest BCUT2D eigenvalue weighted by Gasteiger charge is 2.25. The van der Waals surface area contributed by atoms with Crippen molar-refractivity contribution in [2.75, 3.05) is 6.61 Å². The third-order valence-corrected chi connectivity index (χ3v) is 7.43. The van der Waals surface area contributed by atoms with E-state index >= 15 is 0 Å². The Labute approximate surface area is 234 Å². The first kappa shape index (κ1) is 30.2. The number of carbonyl (C=O) groups excluding carboxylic acids is 1. The summed E-state index contributed by atoms with van der Waals surface area (Å²) in [5, 5.41) is 14.0. The Bertz CT molecular complexity index is 1340. The van der Waals surface area contributed by atoms with Crippen LogP contribution in [0.1, 0.15) is 77.8 Å². The smallest absolute Gasteiger partial charge is 0.309 e. The molecule has 4 aromatic rings. The molecule has 0 saturated heterocycles. The third kappa shape index (κ3) is 8.56. The molecule has 0 aliphatic heterocycles. The molecule has 4 rings (SSSR count). The van der Waals surface area contributed by atoms with E-state index in [1.807, 2.05) is 39.8 Å². The van der Waals surface area contributed by atoms with Gasteiger partial charge in [0.15, 0.2) is 0 Å². The Morgan fingerprint density at radius 3 is 2.21 bits per heavy atom. The zero-order valence-corrected chi connectivity index (χ0v) is 24.4. The fourth-order valence-electron chi connectivity index (χ4n) is 4.39. The van der Waals surface area contributed by atoms with Gasteiger partial charge in [0.25, 0.3) is 0 Å². The predicted molar refractivity (Wildman–Crippen MR) is 162 cm³/mol. The van der Waals surface area contributed by atoms with Crippen LogP contribution in [0.15, 0.2) is 78.9 Å².